The topological polar surface area (TPSA) is 58.1 Å². The van der Waals surface area contributed by atoms with Gasteiger partial charge in [-0.25, -0.2) is 4.79 Å². The summed E-state index contributed by atoms with van der Waals surface area (Å²) in [4.78, 5) is 13.9. The van der Waals surface area contributed by atoms with Gasteiger partial charge >= 0.3 is 6.03 Å². The molecule has 6 heteroatoms. The average molecular weight is 276 g/mol. The van der Waals surface area contributed by atoms with E-state index in [1.165, 1.54) is 11.3 Å². The van der Waals surface area contributed by atoms with Crippen molar-refractivity contribution in [3.05, 3.63) is 35.3 Å². The number of urea groups is 1. The first-order valence-electron chi connectivity index (χ1n) is 6.20. The van der Waals surface area contributed by atoms with E-state index in [-0.39, 0.29) is 6.03 Å². The highest BCUT2D eigenvalue weighted by atomic mass is 32.1. The summed E-state index contributed by atoms with van der Waals surface area (Å²) < 4.78 is 0. The Balaban J connectivity index is 2.09. The summed E-state index contributed by atoms with van der Waals surface area (Å²) in [5.74, 6) is 0. The van der Waals surface area contributed by atoms with Crippen LogP contribution in [0.25, 0.3) is 0 Å². The van der Waals surface area contributed by atoms with Gasteiger partial charge in [-0.15, -0.1) is 10.2 Å². The van der Waals surface area contributed by atoms with E-state index < -0.39 is 0 Å². The smallest absolute Gasteiger partial charge is 0.294 e. The number of carbonyl (C=O) groups excluding carboxylic acids is 1. The van der Waals surface area contributed by atoms with E-state index in [1.807, 2.05) is 44.2 Å². The van der Waals surface area contributed by atoms with E-state index in [0.717, 1.165) is 17.1 Å². The molecule has 0 atom stereocenters. The third kappa shape index (κ3) is 3.29. The molecular weight excluding hydrogens is 260 g/mol. The molecule has 1 aromatic heterocycles. The van der Waals surface area contributed by atoms with Crippen molar-refractivity contribution in [1.82, 2.24) is 10.2 Å². The summed E-state index contributed by atoms with van der Waals surface area (Å²) >= 11 is 1.40. The highest BCUT2D eigenvalue weighted by molar-refractivity contribution is 7.15. The maximum atomic E-state index is 12.2. The lowest BCUT2D eigenvalue weighted by Gasteiger charge is -2.20. The maximum Gasteiger partial charge on any atom is 0.328 e. The van der Waals surface area contributed by atoms with Crippen molar-refractivity contribution in [3.8, 4) is 0 Å². The van der Waals surface area contributed by atoms with Crippen LogP contribution in [0.2, 0.25) is 0 Å². The molecule has 100 valence electrons. The predicted molar refractivity (Wildman–Crippen MR) is 77.8 cm³/mol. The molecule has 0 bridgehead atoms. The van der Waals surface area contributed by atoms with Crippen LogP contribution >= 0.6 is 11.3 Å². The lowest BCUT2D eigenvalue weighted by Crippen LogP contribution is -2.34. The number of anilines is 2. The molecule has 2 rings (SSSR count). The largest absolute Gasteiger partial charge is 0.328 e. The Morgan fingerprint density at radius 3 is 2.58 bits per heavy atom. The van der Waals surface area contributed by atoms with E-state index >= 15 is 0 Å². The third-order valence-electron chi connectivity index (χ3n) is 2.61. The number of hydrogen-bond donors (Lipinski definition) is 1. The molecule has 5 nitrogen and oxygen atoms in total. The fraction of sp³-hybridized carbons (Fsp3) is 0.308. The van der Waals surface area contributed by atoms with Gasteiger partial charge in [0, 0.05) is 12.2 Å². The summed E-state index contributed by atoms with van der Waals surface area (Å²) in [6, 6.07) is 9.36. The molecule has 0 aliphatic heterocycles. The molecule has 0 saturated carbocycles. The van der Waals surface area contributed by atoms with Crippen molar-refractivity contribution in [3.63, 3.8) is 0 Å². The SMILES string of the molecule is CCc1nnc(NC(=O)N(CC)c2ccccc2)s1. The number of nitrogens with zero attached hydrogens (tertiary/aromatic N) is 3. The first kappa shape index (κ1) is 13.5. The van der Waals surface area contributed by atoms with Crippen LogP contribution in [0.5, 0.6) is 0 Å². The van der Waals surface area contributed by atoms with Crippen LogP contribution in [0.4, 0.5) is 15.6 Å². The molecule has 0 aliphatic carbocycles. The van der Waals surface area contributed by atoms with Gasteiger partial charge in [0.25, 0.3) is 0 Å². The standard InChI is InChI=1S/C13H16N4OS/c1-3-11-15-16-12(19-11)14-13(18)17(4-2)10-8-6-5-7-9-10/h5-9H,3-4H2,1-2H3,(H,14,16,18). The van der Waals surface area contributed by atoms with Crippen molar-refractivity contribution in [2.24, 2.45) is 0 Å². The molecule has 0 fully saturated rings. The van der Waals surface area contributed by atoms with E-state index in [1.54, 1.807) is 4.90 Å². The van der Waals surface area contributed by atoms with Gasteiger partial charge in [0.2, 0.25) is 5.13 Å². The Hall–Kier alpha value is -1.95. The summed E-state index contributed by atoms with van der Waals surface area (Å²) in [6.07, 6.45) is 0.823. The number of aromatic nitrogens is 2. The minimum atomic E-state index is -0.187. The van der Waals surface area contributed by atoms with Crippen LogP contribution < -0.4 is 10.2 Å². The second kappa shape index (κ2) is 6.29. The summed E-state index contributed by atoms with van der Waals surface area (Å²) in [5, 5.41) is 12.2. The number of nitrogens with one attached hydrogen (secondary N) is 1. The molecule has 2 amide bonds. The minimum absolute atomic E-state index is 0.187. The second-order valence-corrected chi connectivity index (χ2v) is 4.93. The van der Waals surface area contributed by atoms with E-state index in [2.05, 4.69) is 15.5 Å². The average Bonchev–Trinajstić information content (AvgIpc) is 2.88. The van der Waals surface area contributed by atoms with E-state index in [9.17, 15) is 4.79 Å². The molecule has 19 heavy (non-hydrogen) atoms. The lowest BCUT2D eigenvalue weighted by atomic mass is 10.3. The van der Waals surface area contributed by atoms with E-state index in [0.29, 0.717) is 11.7 Å². The molecule has 1 heterocycles. The van der Waals surface area contributed by atoms with Crippen LogP contribution in [-0.4, -0.2) is 22.8 Å². The monoisotopic (exact) mass is 276 g/mol. The molecular formula is C13H16N4OS. The quantitative estimate of drug-likeness (QED) is 0.933. The number of hydrogen-bond acceptors (Lipinski definition) is 4. The minimum Gasteiger partial charge on any atom is -0.294 e. The number of benzene rings is 1. The molecule has 0 aliphatic rings. The molecule has 0 saturated heterocycles. The van der Waals surface area contributed by atoms with Gasteiger partial charge in [0.1, 0.15) is 5.01 Å². The van der Waals surface area contributed by atoms with Gasteiger partial charge in [0.15, 0.2) is 0 Å². The molecule has 0 radical (unpaired) electrons. The van der Waals surface area contributed by atoms with E-state index in [4.69, 9.17) is 0 Å². The Morgan fingerprint density at radius 1 is 1.26 bits per heavy atom. The Labute approximate surface area is 116 Å². The second-order valence-electron chi connectivity index (χ2n) is 3.86. The van der Waals surface area contributed by atoms with Gasteiger partial charge in [-0.05, 0) is 25.5 Å². The van der Waals surface area contributed by atoms with Crippen molar-refractivity contribution < 1.29 is 4.79 Å². The van der Waals surface area contributed by atoms with Crippen molar-refractivity contribution in [2.45, 2.75) is 20.3 Å². The summed E-state index contributed by atoms with van der Waals surface area (Å²) in [5.41, 5.74) is 0.864. The van der Waals surface area contributed by atoms with Gasteiger partial charge in [-0.2, -0.15) is 0 Å². The molecule has 2 aromatic rings. The van der Waals surface area contributed by atoms with Crippen LogP contribution in [0.3, 0.4) is 0 Å². The Morgan fingerprint density at radius 2 is 2.00 bits per heavy atom. The van der Waals surface area contributed by atoms with Crippen molar-refractivity contribution >= 4 is 28.2 Å². The fourth-order valence-electron chi connectivity index (χ4n) is 1.66. The zero-order valence-corrected chi connectivity index (χ0v) is 11.8. The van der Waals surface area contributed by atoms with Gasteiger partial charge < -0.3 is 0 Å². The fourth-order valence-corrected chi connectivity index (χ4v) is 2.33. The Kier molecular flexibility index (Phi) is 4.46. The zero-order chi connectivity index (χ0) is 13.7. The van der Waals surface area contributed by atoms with Crippen molar-refractivity contribution in [2.75, 3.05) is 16.8 Å². The normalized spacial score (nSPS) is 10.2. The van der Waals surface area contributed by atoms with Gasteiger partial charge in [-0.3, -0.25) is 10.2 Å². The number of aryl methyl sites for hydroxylation is 1. The van der Waals surface area contributed by atoms with Gasteiger partial charge in [-0.1, -0.05) is 36.5 Å². The number of amides is 2. The number of carbonyl (C=O) groups is 1. The van der Waals surface area contributed by atoms with Crippen LogP contribution in [0.1, 0.15) is 18.9 Å². The van der Waals surface area contributed by atoms with Crippen molar-refractivity contribution in [1.29, 1.82) is 0 Å². The lowest BCUT2D eigenvalue weighted by molar-refractivity contribution is 0.257. The van der Waals surface area contributed by atoms with Crippen LogP contribution in [-0.2, 0) is 6.42 Å². The van der Waals surface area contributed by atoms with Gasteiger partial charge in [0.05, 0.1) is 0 Å². The number of rotatable bonds is 4. The highest BCUT2D eigenvalue weighted by Gasteiger charge is 2.15. The summed E-state index contributed by atoms with van der Waals surface area (Å²) in [6.45, 7) is 4.54. The summed E-state index contributed by atoms with van der Waals surface area (Å²) in [7, 11) is 0. The molecule has 0 unspecified atom stereocenters. The zero-order valence-electron chi connectivity index (χ0n) is 11.0. The number of para-hydroxylation sites is 1. The maximum absolute atomic E-state index is 12.2. The third-order valence-corrected chi connectivity index (χ3v) is 3.60. The molecule has 1 aromatic carbocycles. The molecule has 0 spiro atoms. The Bertz CT molecular complexity index is 541. The first-order chi connectivity index (χ1) is 9.24. The van der Waals surface area contributed by atoms with Crippen LogP contribution in [0.15, 0.2) is 30.3 Å². The highest BCUT2D eigenvalue weighted by Crippen LogP contribution is 2.18. The molecule has 1 N–H and O–H groups in total. The van der Waals surface area contributed by atoms with Crippen LogP contribution in [0, 0.1) is 0 Å². The first-order valence-corrected chi connectivity index (χ1v) is 7.02. The predicted octanol–water partition coefficient (Wildman–Crippen LogP) is 3.16.